The second-order valence-corrected chi connectivity index (χ2v) is 7.71. The van der Waals surface area contributed by atoms with E-state index in [-0.39, 0.29) is 18.0 Å². The lowest BCUT2D eigenvalue weighted by molar-refractivity contribution is -0.192. The van der Waals surface area contributed by atoms with Crippen molar-refractivity contribution in [3.63, 3.8) is 0 Å². The van der Waals surface area contributed by atoms with Gasteiger partial charge in [0, 0.05) is 36.5 Å². The van der Waals surface area contributed by atoms with Crippen LogP contribution in [0, 0.1) is 0 Å². The summed E-state index contributed by atoms with van der Waals surface area (Å²) in [6.45, 7) is 10.5. The predicted molar refractivity (Wildman–Crippen MR) is 106 cm³/mol. The van der Waals surface area contributed by atoms with Crippen LogP contribution in [-0.4, -0.2) is 63.0 Å². The lowest BCUT2D eigenvalue weighted by Gasteiger charge is -2.30. The molecule has 3 rings (SSSR count). The van der Waals surface area contributed by atoms with Crippen LogP contribution < -0.4 is 5.32 Å². The zero-order valence-electron chi connectivity index (χ0n) is 17.4. The number of hydrogen-bond donors (Lipinski definition) is 2. The number of alkyl halides is 3. The van der Waals surface area contributed by atoms with Crippen molar-refractivity contribution < 1.29 is 27.9 Å². The highest BCUT2D eigenvalue weighted by Crippen LogP contribution is 2.27. The maximum absolute atomic E-state index is 12.8. The van der Waals surface area contributed by atoms with Crippen LogP contribution in [0.4, 0.5) is 13.2 Å². The molecule has 2 heterocycles. The van der Waals surface area contributed by atoms with Gasteiger partial charge in [0.05, 0.1) is 11.2 Å². The van der Waals surface area contributed by atoms with Gasteiger partial charge < -0.3 is 15.3 Å². The van der Waals surface area contributed by atoms with E-state index in [2.05, 4.69) is 45.1 Å². The molecule has 7 nitrogen and oxygen atoms in total. The monoisotopic (exact) mass is 428 g/mol. The van der Waals surface area contributed by atoms with Gasteiger partial charge in [0.1, 0.15) is 6.54 Å². The van der Waals surface area contributed by atoms with E-state index in [0.29, 0.717) is 12.5 Å². The van der Waals surface area contributed by atoms with Crippen LogP contribution >= 0.6 is 0 Å². The second-order valence-electron chi connectivity index (χ2n) is 7.71. The zero-order chi connectivity index (χ0) is 22.6. The number of para-hydroxylation sites is 1. The molecule has 1 aromatic carbocycles. The van der Waals surface area contributed by atoms with Crippen molar-refractivity contribution in [1.82, 2.24) is 20.0 Å². The highest BCUT2D eigenvalue weighted by Gasteiger charge is 2.38. The molecule has 10 heteroatoms. The number of rotatable bonds is 5. The number of aromatic nitrogens is 2. The predicted octanol–water partition coefficient (Wildman–Crippen LogP) is 3.00. The van der Waals surface area contributed by atoms with Gasteiger partial charge in [-0.05, 0) is 33.8 Å². The van der Waals surface area contributed by atoms with E-state index in [1.807, 2.05) is 21.7 Å². The van der Waals surface area contributed by atoms with E-state index >= 15 is 0 Å². The maximum Gasteiger partial charge on any atom is 0.490 e. The highest BCUT2D eigenvalue weighted by molar-refractivity contribution is 5.85. The standard InChI is InChI=1S/C18H26N4O.C2HF3O2/c1-12(2)22(13(3)4)17(23)11-21-16-8-6-5-7-15(16)18(20-21)14-9-19-10-14;3-2(4,5)1(6)7/h5-8,12-14,19H,9-11H2,1-4H3;(H,6,7). The molecule has 2 N–H and O–H groups in total. The number of carbonyl (C=O) groups is 2. The Kier molecular flexibility index (Phi) is 7.46. The molecule has 0 atom stereocenters. The summed E-state index contributed by atoms with van der Waals surface area (Å²) in [4.78, 5) is 23.6. The van der Waals surface area contributed by atoms with Gasteiger partial charge in [-0.3, -0.25) is 9.48 Å². The van der Waals surface area contributed by atoms with Gasteiger partial charge in [-0.1, -0.05) is 18.2 Å². The number of amides is 1. The van der Waals surface area contributed by atoms with Gasteiger partial charge >= 0.3 is 12.1 Å². The number of benzene rings is 1. The summed E-state index contributed by atoms with van der Waals surface area (Å²) in [5.41, 5.74) is 2.17. The minimum atomic E-state index is -5.08. The average molecular weight is 428 g/mol. The molecule has 1 aromatic heterocycles. The van der Waals surface area contributed by atoms with Crippen LogP contribution in [0.1, 0.15) is 39.3 Å². The van der Waals surface area contributed by atoms with Crippen molar-refractivity contribution in [2.24, 2.45) is 0 Å². The molecule has 30 heavy (non-hydrogen) atoms. The lowest BCUT2D eigenvalue weighted by atomic mass is 9.97. The Morgan fingerprint density at radius 1 is 1.20 bits per heavy atom. The van der Waals surface area contributed by atoms with Crippen LogP contribution in [0.5, 0.6) is 0 Å². The van der Waals surface area contributed by atoms with Crippen molar-refractivity contribution in [3.8, 4) is 0 Å². The number of nitrogens with zero attached hydrogens (tertiary/aromatic N) is 3. The van der Waals surface area contributed by atoms with Crippen LogP contribution in [-0.2, 0) is 16.1 Å². The fourth-order valence-electron chi connectivity index (χ4n) is 3.44. The quantitative estimate of drug-likeness (QED) is 0.765. The largest absolute Gasteiger partial charge is 0.490 e. The number of carbonyl (C=O) groups excluding carboxylic acids is 1. The van der Waals surface area contributed by atoms with Crippen molar-refractivity contribution in [1.29, 1.82) is 0 Å². The second kappa shape index (κ2) is 9.46. The molecule has 1 saturated heterocycles. The molecular weight excluding hydrogens is 401 g/mol. The van der Waals surface area contributed by atoms with Crippen LogP contribution in [0.15, 0.2) is 24.3 Å². The summed E-state index contributed by atoms with van der Waals surface area (Å²) in [7, 11) is 0. The van der Waals surface area contributed by atoms with Crippen molar-refractivity contribution in [3.05, 3.63) is 30.0 Å². The Balaban J connectivity index is 0.000000396. The summed E-state index contributed by atoms with van der Waals surface area (Å²) >= 11 is 0. The third-order valence-electron chi connectivity index (χ3n) is 4.78. The molecule has 1 fully saturated rings. The summed E-state index contributed by atoms with van der Waals surface area (Å²) in [6, 6.07) is 8.61. The summed E-state index contributed by atoms with van der Waals surface area (Å²) in [5.74, 6) is -2.17. The lowest BCUT2D eigenvalue weighted by Crippen LogP contribution is -2.44. The summed E-state index contributed by atoms with van der Waals surface area (Å²) < 4.78 is 33.6. The SMILES string of the molecule is CC(C)N(C(=O)Cn1nc(C2CNC2)c2ccccc21)C(C)C.O=C(O)C(F)(F)F. The van der Waals surface area contributed by atoms with Crippen LogP contribution in [0.25, 0.3) is 10.9 Å². The molecular formula is C20H27F3N4O3. The molecule has 0 spiro atoms. The van der Waals surface area contributed by atoms with Crippen molar-refractivity contribution in [2.45, 2.75) is 58.4 Å². The number of fused-ring (bicyclic) bond motifs is 1. The molecule has 1 amide bonds. The maximum atomic E-state index is 12.8. The number of carboxylic acid groups (broad SMARTS) is 1. The number of nitrogens with one attached hydrogen (secondary N) is 1. The van der Waals surface area contributed by atoms with Crippen LogP contribution in [0.3, 0.4) is 0 Å². The minimum Gasteiger partial charge on any atom is -0.475 e. The van der Waals surface area contributed by atoms with E-state index in [1.165, 1.54) is 5.39 Å². The summed E-state index contributed by atoms with van der Waals surface area (Å²) in [6.07, 6.45) is -5.08. The molecule has 2 aromatic rings. The first-order valence-electron chi connectivity index (χ1n) is 9.70. The first kappa shape index (κ1) is 23.7. The third-order valence-corrected chi connectivity index (χ3v) is 4.78. The van der Waals surface area contributed by atoms with Crippen LogP contribution in [0.2, 0.25) is 0 Å². The fraction of sp³-hybridized carbons (Fsp3) is 0.550. The molecule has 0 unspecified atom stereocenters. The van der Waals surface area contributed by atoms with Gasteiger partial charge in [0.25, 0.3) is 0 Å². The normalized spacial score (nSPS) is 14.4. The Morgan fingerprint density at radius 3 is 2.17 bits per heavy atom. The minimum absolute atomic E-state index is 0.126. The zero-order valence-corrected chi connectivity index (χ0v) is 17.4. The van der Waals surface area contributed by atoms with Gasteiger partial charge in [-0.15, -0.1) is 0 Å². The van der Waals surface area contributed by atoms with E-state index in [1.54, 1.807) is 0 Å². The Hall–Kier alpha value is -2.62. The Morgan fingerprint density at radius 2 is 1.73 bits per heavy atom. The number of hydrogen-bond acceptors (Lipinski definition) is 4. The number of halogens is 3. The molecule has 1 aliphatic heterocycles. The molecule has 0 saturated carbocycles. The third kappa shape index (κ3) is 5.50. The van der Waals surface area contributed by atoms with Gasteiger partial charge in [0.2, 0.25) is 5.91 Å². The van der Waals surface area contributed by atoms with E-state index in [9.17, 15) is 18.0 Å². The van der Waals surface area contributed by atoms with Gasteiger partial charge in [0.15, 0.2) is 0 Å². The number of aliphatic carboxylic acids is 1. The molecule has 1 aliphatic rings. The van der Waals surface area contributed by atoms with Crippen molar-refractivity contribution >= 4 is 22.8 Å². The highest BCUT2D eigenvalue weighted by atomic mass is 19.4. The van der Waals surface area contributed by atoms with Gasteiger partial charge in [-0.25, -0.2) is 4.79 Å². The molecule has 0 aliphatic carbocycles. The van der Waals surface area contributed by atoms with Crippen molar-refractivity contribution in [2.75, 3.05) is 13.1 Å². The smallest absolute Gasteiger partial charge is 0.475 e. The van der Waals surface area contributed by atoms with Gasteiger partial charge in [-0.2, -0.15) is 18.3 Å². The molecule has 0 bridgehead atoms. The number of carboxylic acids is 1. The average Bonchev–Trinajstić information content (AvgIpc) is 2.91. The summed E-state index contributed by atoms with van der Waals surface area (Å²) in [5, 5.41) is 16.4. The fourth-order valence-corrected chi connectivity index (χ4v) is 3.44. The Bertz CT molecular complexity index is 881. The first-order chi connectivity index (χ1) is 13.9. The van der Waals surface area contributed by atoms with E-state index < -0.39 is 12.1 Å². The Labute approximate surface area is 172 Å². The van der Waals surface area contributed by atoms with E-state index in [4.69, 9.17) is 15.0 Å². The molecule has 166 valence electrons. The van der Waals surface area contributed by atoms with E-state index in [0.717, 1.165) is 24.3 Å². The first-order valence-corrected chi connectivity index (χ1v) is 9.70. The molecule has 0 radical (unpaired) electrons. The topological polar surface area (TPSA) is 87.5 Å².